The Kier molecular flexibility index (Phi) is 5.48. The number of benzene rings is 1. The molecule has 1 heterocycles. The van der Waals surface area contributed by atoms with Crippen molar-refractivity contribution in [3.63, 3.8) is 0 Å². The first-order chi connectivity index (χ1) is 9.99. The minimum absolute atomic E-state index is 0.151. The SMILES string of the molecule is O=C(O)CCC1CCN(C(=O)c2c(Cl)cccc2Cl)CC1. The molecule has 0 unspecified atom stereocenters. The van der Waals surface area contributed by atoms with Crippen LogP contribution in [0.25, 0.3) is 0 Å². The van der Waals surface area contributed by atoms with Crippen molar-refractivity contribution in [2.75, 3.05) is 13.1 Å². The summed E-state index contributed by atoms with van der Waals surface area (Å²) < 4.78 is 0. The lowest BCUT2D eigenvalue weighted by atomic mass is 9.92. The molecule has 1 aliphatic heterocycles. The fourth-order valence-corrected chi connectivity index (χ4v) is 3.17. The Morgan fingerprint density at radius 1 is 1.19 bits per heavy atom. The molecule has 1 N–H and O–H groups in total. The monoisotopic (exact) mass is 329 g/mol. The van der Waals surface area contributed by atoms with Crippen LogP contribution >= 0.6 is 23.2 Å². The number of rotatable bonds is 4. The molecule has 6 heteroatoms. The highest BCUT2D eigenvalue weighted by molar-refractivity contribution is 6.39. The molecule has 21 heavy (non-hydrogen) atoms. The molecule has 1 amide bonds. The number of hydrogen-bond donors (Lipinski definition) is 1. The third-order valence-corrected chi connectivity index (χ3v) is 4.47. The summed E-state index contributed by atoms with van der Waals surface area (Å²) in [5, 5.41) is 9.42. The molecule has 1 aromatic carbocycles. The van der Waals surface area contributed by atoms with Crippen molar-refractivity contribution in [1.29, 1.82) is 0 Å². The van der Waals surface area contributed by atoms with Gasteiger partial charge in [0.2, 0.25) is 0 Å². The van der Waals surface area contributed by atoms with Crippen molar-refractivity contribution in [2.45, 2.75) is 25.7 Å². The number of piperidine rings is 1. The lowest BCUT2D eigenvalue weighted by Gasteiger charge is -2.32. The van der Waals surface area contributed by atoms with Gasteiger partial charge in [-0.15, -0.1) is 0 Å². The number of aliphatic carboxylic acids is 1. The molecule has 2 rings (SSSR count). The van der Waals surface area contributed by atoms with E-state index >= 15 is 0 Å². The van der Waals surface area contributed by atoms with E-state index in [4.69, 9.17) is 28.3 Å². The van der Waals surface area contributed by atoms with Gasteiger partial charge in [-0.3, -0.25) is 9.59 Å². The number of likely N-dealkylation sites (tertiary alicyclic amines) is 1. The molecule has 0 bridgehead atoms. The van der Waals surface area contributed by atoms with Gasteiger partial charge in [0.15, 0.2) is 0 Å². The maximum atomic E-state index is 12.5. The Bertz CT molecular complexity index is 519. The topological polar surface area (TPSA) is 57.6 Å². The largest absolute Gasteiger partial charge is 0.481 e. The van der Waals surface area contributed by atoms with E-state index < -0.39 is 5.97 Å². The van der Waals surface area contributed by atoms with Crippen molar-refractivity contribution in [2.24, 2.45) is 5.92 Å². The van der Waals surface area contributed by atoms with E-state index in [0.29, 0.717) is 41.0 Å². The number of carbonyl (C=O) groups is 2. The highest BCUT2D eigenvalue weighted by Gasteiger charge is 2.26. The summed E-state index contributed by atoms with van der Waals surface area (Å²) in [7, 11) is 0. The number of carboxylic acid groups (broad SMARTS) is 1. The zero-order valence-corrected chi connectivity index (χ0v) is 13.0. The van der Waals surface area contributed by atoms with Crippen molar-refractivity contribution in [3.05, 3.63) is 33.8 Å². The lowest BCUT2D eigenvalue weighted by molar-refractivity contribution is -0.137. The van der Waals surface area contributed by atoms with Crippen molar-refractivity contribution >= 4 is 35.1 Å². The van der Waals surface area contributed by atoms with Gasteiger partial charge < -0.3 is 10.0 Å². The van der Waals surface area contributed by atoms with Crippen LogP contribution in [0, 0.1) is 5.92 Å². The predicted octanol–water partition coefficient (Wildman–Crippen LogP) is 3.71. The maximum Gasteiger partial charge on any atom is 0.303 e. The van der Waals surface area contributed by atoms with Crippen LogP contribution in [0.15, 0.2) is 18.2 Å². The van der Waals surface area contributed by atoms with E-state index in [0.717, 1.165) is 12.8 Å². The molecule has 0 aromatic heterocycles. The molecule has 1 aliphatic rings. The van der Waals surface area contributed by atoms with Crippen LogP contribution < -0.4 is 0 Å². The summed E-state index contributed by atoms with van der Waals surface area (Å²) >= 11 is 12.1. The normalized spacial score (nSPS) is 16.0. The molecule has 0 radical (unpaired) electrons. The quantitative estimate of drug-likeness (QED) is 0.915. The zero-order chi connectivity index (χ0) is 15.4. The first-order valence-corrected chi connectivity index (χ1v) is 7.69. The lowest BCUT2D eigenvalue weighted by Crippen LogP contribution is -2.38. The molecular weight excluding hydrogens is 313 g/mol. The van der Waals surface area contributed by atoms with E-state index in [1.165, 1.54) is 0 Å². The van der Waals surface area contributed by atoms with Crippen molar-refractivity contribution < 1.29 is 14.7 Å². The fraction of sp³-hybridized carbons (Fsp3) is 0.467. The smallest absolute Gasteiger partial charge is 0.303 e. The highest BCUT2D eigenvalue weighted by atomic mass is 35.5. The average molecular weight is 330 g/mol. The molecule has 4 nitrogen and oxygen atoms in total. The van der Waals surface area contributed by atoms with Gasteiger partial charge in [-0.05, 0) is 37.3 Å². The first kappa shape index (κ1) is 16.1. The molecular formula is C15H17Cl2NO3. The van der Waals surface area contributed by atoms with Gasteiger partial charge in [0.05, 0.1) is 15.6 Å². The number of hydrogen-bond acceptors (Lipinski definition) is 2. The molecule has 0 saturated carbocycles. The van der Waals surface area contributed by atoms with E-state index in [-0.39, 0.29) is 12.3 Å². The van der Waals surface area contributed by atoms with Gasteiger partial charge in [-0.25, -0.2) is 0 Å². The summed E-state index contributed by atoms with van der Waals surface area (Å²) in [4.78, 5) is 24.8. The molecule has 0 aliphatic carbocycles. The number of amides is 1. The molecule has 1 saturated heterocycles. The van der Waals surface area contributed by atoms with Gasteiger partial charge in [-0.2, -0.15) is 0 Å². The van der Waals surface area contributed by atoms with E-state index in [2.05, 4.69) is 0 Å². The van der Waals surface area contributed by atoms with Gasteiger partial charge in [0.1, 0.15) is 0 Å². The van der Waals surface area contributed by atoms with E-state index in [1.807, 2.05) is 0 Å². The summed E-state index contributed by atoms with van der Waals surface area (Å²) in [6, 6.07) is 5.01. The molecule has 1 aromatic rings. The molecule has 0 atom stereocenters. The molecule has 114 valence electrons. The van der Waals surface area contributed by atoms with Crippen LogP contribution in [0.5, 0.6) is 0 Å². The Morgan fingerprint density at radius 3 is 2.29 bits per heavy atom. The molecule has 1 fully saturated rings. The summed E-state index contributed by atoms with van der Waals surface area (Å²) in [5.41, 5.74) is 0.352. The fourth-order valence-electron chi connectivity index (χ4n) is 2.61. The van der Waals surface area contributed by atoms with Crippen LogP contribution in [0.4, 0.5) is 0 Å². The third-order valence-electron chi connectivity index (χ3n) is 3.84. The number of carbonyl (C=O) groups excluding carboxylic acids is 1. The summed E-state index contributed by atoms with van der Waals surface area (Å²) in [6.45, 7) is 1.23. The highest BCUT2D eigenvalue weighted by Crippen LogP contribution is 2.28. The van der Waals surface area contributed by atoms with Crippen LogP contribution in [-0.2, 0) is 4.79 Å². The number of carboxylic acids is 1. The average Bonchev–Trinajstić information content (AvgIpc) is 2.45. The van der Waals surface area contributed by atoms with Crippen LogP contribution in [0.2, 0.25) is 10.0 Å². The van der Waals surface area contributed by atoms with Gasteiger partial charge in [0, 0.05) is 19.5 Å². The van der Waals surface area contributed by atoms with Crippen LogP contribution in [0.1, 0.15) is 36.0 Å². The van der Waals surface area contributed by atoms with Crippen molar-refractivity contribution in [1.82, 2.24) is 4.90 Å². The minimum Gasteiger partial charge on any atom is -0.481 e. The van der Waals surface area contributed by atoms with Gasteiger partial charge in [0.25, 0.3) is 5.91 Å². The van der Waals surface area contributed by atoms with Crippen LogP contribution in [-0.4, -0.2) is 35.0 Å². The van der Waals surface area contributed by atoms with Gasteiger partial charge >= 0.3 is 5.97 Å². The maximum absolute atomic E-state index is 12.5. The van der Waals surface area contributed by atoms with Crippen LogP contribution in [0.3, 0.4) is 0 Å². The summed E-state index contributed by atoms with van der Waals surface area (Å²) in [5.74, 6) is -0.550. The predicted molar refractivity (Wildman–Crippen MR) is 82.0 cm³/mol. The standard InChI is InChI=1S/C15H17Cl2NO3/c16-11-2-1-3-12(17)14(11)15(21)18-8-6-10(7-9-18)4-5-13(19)20/h1-3,10H,4-9H2,(H,19,20). The Morgan fingerprint density at radius 2 is 1.76 bits per heavy atom. The number of nitrogens with zero attached hydrogens (tertiary/aromatic N) is 1. The Hall–Kier alpha value is -1.26. The zero-order valence-electron chi connectivity index (χ0n) is 11.5. The second-order valence-corrected chi connectivity index (χ2v) is 6.08. The minimum atomic E-state index is -0.767. The first-order valence-electron chi connectivity index (χ1n) is 6.94. The Labute approximate surface area is 133 Å². The van der Waals surface area contributed by atoms with Crippen molar-refractivity contribution in [3.8, 4) is 0 Å². The van der Waals surface area contributed by atoms with E-state index in [1.54, 1.807) is 23.1 Å². The Balaban J connectivity index is 1.96. The van der Waals surface area contributed by atoms with Gasteiger partial charge in [-0.1, -0.05) is 29.3 Å². The summed E-state index contributed by atoms with van der Waals surface area (Å²) in [6.07, 6.45) is 2.50. The second-order valence-electron chi connectivity index (χ2n) is 5.26. The van der Waals surface area contributed by atoms with E-state index in [9.17, 15) is 9.59 Å². The molecule has 0 spiro atoms. The third kappa shape index (κ3) is 4.11. The number of halogens is 2. The second kappa shape index (κ2) is 7.14.